The highest BCUT2D eigenvalue weighted by Gasteiger charge is 2.33. The van der Waals surface area contributed by atoms with Crippen molar-refractivity contribution < 1.29 is 4.79 Å². The minimum atomic E-state index is -0.206. The van der Waals surface area contributed by atoms with Crippen LogP contribution in [0.4, 0.5) is 0 Å². The van der Waals surface area contributed by atoms with Crippen LogP contribution in [0.5, 0.6) is 0 Å². The summed E-state index contributed by atoms with van der Waals surface area (Å²) in [6.07, 6.45) is 12.9. The van der Waals surface area contributed by atoms with Gasteiger partial charge in [0.15, 0.2) is 0 Å². The van der Waals surface area contributed by atoms with Crippen LogP contribution in [0.25, 0.3) is 0 Å². The van der Waals surface area contributed by atoms with E-state index in [0.29, 0.717) is 6.04 Å². The Kier molecular flexibility index (Phi) is 7.49. The standard InChI is InChI=1S/C24H36ClN3O/c25-20-13-11-19(12-14-20)23(24(29)26-21-7-3-1-4-8-21)28-17-15-27(16-18-28)22-9-5-2-6-10-22/h11-14,21-23H,1-10,15-18H2,(H,26,29). The molecule has 2 aliphatic carbocycles. The van der Waals surface area contributed by atoms with Crippen molar-refractivity contribution in [3.8, 4) is 0 Å². The first-order valence-corrected chi connectivity index (χ1v) is 12.1. The zero-order valence-electron chi connectivity index (χ0n) is 17.6. The molecule has 2 saturated carbocycles. The Morgan fingerprint density at radius 2 is 1.45 bits per heavy atom. The summed E-state index contributed by atoms with van der Waals surface area (Å²) >= 11 is 6.12. The van der Waals surface area contributed by atoms with Gasteiger partial charge in [0.25, 0.3) is 0 Å². The predicted molar refractivity (Wildman–Crippen MR) is 119 cm³/mol. The van der Waals surface area contributed by atoms with Crippen molar-refractivity contribution in [1.29, 1.82) is 0 Å². The van der Waals surface area contributed by atoms with E-state index in [-0.39, 0.29) is 11.9 Å². The number of carbonyl (C=O) groups excluding carboxylic acids is 1. The molecule has 0 spiro atoms. The van der Waals surface area contributed by atoms with Crippen molar-refractivity contribution in [1.82, 2.24) is 15.1 Å². The number of hydrogen-bond donors (Lipinski definition) is 1. The largest absolute Gasteiger partial charge is 0.352 e. The normalized spacial score (nSPS) is 24.3. The van der Waals surface area contributed by atoms with Crippen LogP contribution in [0.1, 0.15) is 75.8 Å². The van der Waals surface area contributed by atoms with Crippen molar-refractivity contribution in [2.45, 2.75) is 82.3 Å². The predicted octanol–water partition coefficient (Wildman–Crippen LogP) is 4.78. The van der Waals surface area contributed by atoms with Gasteiger partial charge in [-0.3, -0.25) is 14.6 Å². The second-order valence-corrected chi connectivity index (χ2v) is 9.60. The Morgan fingerprint density at radius 1 is 0.862 bits per heavy atom. The Hall–Kier alpha value is -1.10. The highest BCUT2D eigenvalue weighted by molar-refractivity contribution is 6.30. The fourth-order valence-electron chi connectivity index (χ4n) is 5.51. The number of carbonyl (C=O) groups is 1. The monoisotopic (exact) mass is 417 g/mol. The van der Waals surface area contributed by atoms with Crippen LogP contribution in [-0.4, -0.2) is 54.0 Å². The third-order valence-electron chi connectivity index (χ3n) is 7.19. The van der Waals surface area contributed by atoms with Crippen LogP contribution in [-0.2, 0) is 4.79 Å². The Morgan fingerprint density at radius 3 is 2.07 bits per heavy atom. The second kappa shape index (κ2) is 10.3. The first-order chi connectivity index (χ1) is 14.2. The molecule has 4 rings (SSSR count). The summed E-state index contributed by atoms with van der Waals surface area (Å²) < 4.78 is 0. The van der Waals surface area contributed by atoms with E-state index in [4.69, 9.17) is 11.6 Å². The fraction of sp³-hybridized carbons (Fsp3) is 0.708. The van der Waals surface area contributed by atoms with Crippen molar-refractivity contribution >= 4 is 17.5 Å². The highest BCUT2D eigenvalue weighted by Crippen LogP contribution is 2.28. The van der Waals surface area contributed by atoms with E-state index in [1.165, 1.54) is 51.4 Å². The SMILES string of the molecule is O=C(NC1CCCCC1)C(c1ccc(Cl)cc1)N1CCN(C2CCCCC2)CC1. The quantitative estimate of drug-likeness (QED) is 0.748. The smallest absolute Gasteiger partial charge is 0.242 e. The average Bonchev–Trinajstić information content (AvgIpc) is 2.77. The van der Waals surface area contributed by atoms with Gasteiger partial charge in [0.2, 0.25) is 5.91 Å². The van der Waals surface area contributed by atoms with E-state index in [0.717, 1.165) is 55.6 Å². The summed E-state index contributed by atoms with van der Waals surface area (Å²) in [6.45, 7) is 4.07. The number of hydrogen-bond acceptors (Lipinski definition) is 3. The molecule has 1 unspecified atom stereocenters. The third-order valence-corrected chi connectivity index (χ3v) is 7.44. The van der Waals surface area contributed by atoms with Gasteiger partial charge in [-0.05, 0) is 43.4 Å². The van der Waals surface area contributed by atoms with Gasteiger partial charge in [0.05, 0.1) is 0 Å². The topological polar surface area (TPSA) is 35.6 Å². The van der Waals surface area contributed by atoms with Crippen LogP contribution < -0.4 is 5.32 Å². The molecule has 5 heteroatoms. The molecule has 1 aliphatic heterocycles. The number of amides is 1. The maximum absolute atomic E-state index is 13.4. The van der Waals surface area contributed by atoms with Gasteiger partial charge < -0.3 is 5.32 Å². The number of rotatable bonds is 5. The molecular formula is C24H36ClN3O. The molecular weight excluding hydrogens is 382 g/mol. The fourth-order valence-corrected chi connectivity index (χ4v) is 5.63. The van der Waals surface area contributed by atoms with Gasteiger partial charge >= 0.3 is 0 Å². The number of halogens is 1. The third kappa shape index (κ3) is 5.53. The summed E-state index contributed by atoms with van der Waals surface area (Å²) in [5.41, 5.74) is 1.06. The molecule has 1 N–H and O–H groups in total. The van der Waals surface area contributed by atoms with E-state index in [1.807, 2.05) is 24.3 Å². The molecule has 1 aromatic carbocycles. The Bertz CT molecular complexity index is 645. The van der Waals surface area contributed by atoms with E-state index in [9.17, 15) is 4.79 Å². The molecule has 1 heterocycles. The summed E-state index contributed by atoms with van der Waals surface area (Å²) in [4.78, 5) is 18.4. The van der Waals surface area contributed by atoms with Gasteiger partial charge in [-0.15, -0.1) is 0 Å². The number of benzene rings is 1. The van der Waals surface area contributed by atoms with Gasteiger partial charge in [-0.1, -0.05) is 62.3 Å². The molecule has 3 fully saturated rings. The van der Waals surface area contributed by atoms with Crippen LogP contribution in [0.3, 0.4) is 0 Å². The lowest BCUT2D eigenvalue weighted by Crippen LogP contribution is -2.54. The van der Waals surface area contributed by atoms with Crippen LogP contribution in [0.2, 0.25) is 5.02 Å². The first kappa shape index (κ1) is 21.1. The summed E-state index contributed by atoms with van der Waals surface area (Å²) in [6, 6.07) is 8.78. The molecule has 1 amide bonds. The Balaban J connectivity index is 1.43. The van der Waals surface area contributed by atoms with Crippen molar-refractivity contribution in [3.05, 3.63) is 34.9 Å². The molecule has 0 bridgehead atoms. The van der Waals surface area contributed by atoms with Crippen molar-refractivity contribution in [2.75, 3.05) is 26.2 Å². The zero-order chi connectivity index (χ0) is 20.1. The maximum Gasteiger partial charge on any atom is 0.242 e. The van der Waals surface area contributed by atoms with E-state index in [1.54, 1.807) is 0 Å². The minimum Gasteiger partial charge on any atom is -0.352 e. The van der Waals surface area contributed by atoms with Crippen LogP contribution in [0.15, 0.2) is 24.3 Å². The summed E-state index contributed by atoms with van der Waals surface area (Å²) in [7, 11) is 0. The van der Waals surface area contributed by atoms with E-state index < -0.39 is 0 Å². The number of nitrogens with zero attached hydrogens (tertiary/aromatic N) is 2. The molecule has 4 nitrogen and oxygen atoms in total. The number of nitrogens with one attached hydrogen (secondary N) is 1. The molecule has 29 heavy (non-hydrogen) atoms. The van der Waals surface area contributed by atoms with Gasteiger partial charge in [-0.25, -0.2) is 0 Å². The van der Waals surface area contributed by atoms with E-state index >= 15 is 0 Å². The van der Waals surface area contributed by atoms with Crippen molar-refractivity contribution in [2.24, 2.45) is 0 Å². The van der Waals surface area contributed by atoms with E-state index in [2.05, 4.69) is 15.1 Å². The lowest BCUT2D eigenvalue weighted by Gasteiger charge is -2.43. The highest BCUT2D eigenvalue weighted by atomic mass is 35.5. The molecule has 3 aliphatic rings. The second-order valence-electron chi connectivity index (χ2n) is 9.16. The zero-order valence-corrected chi connectivity index (χ0v) is 18.4. The molecule has 1 saturated heterocycles. The maximum atomic E-state index is 13.4. The van der Waals surface area contributed by atoms with Crippen LogP contribution in [0, 0.1) is 0 Å². The van der Waals surface area contributed by atoms with Crippen molar-refractivity contribution in [3.63, 3.8) is 0 Å². The minimum absolute atomic E-state index is 0.172. The molecule has 160 valence electrons. The molecule has 1 atom stereocenters. The van der Waals surface area contributed by atoms with Gasteiger partial charge in [0.1, 0.15) is 6.04 Å². The van der Waals surface area contributed by atoms with Gasteiger partial charge in [0, 0.05) is 43.3 Å². The number of piperazine rings is 1. The molecule has 1 aromatic rings. The Labute approximate surface area is 181 Å². The summed E-state index contributed by atoms with van der Waals surface area (Å²) in [5, 5.41) is 4.10. The molecule has 0 radical (unpaired) electrons. The van der Waals surface area contributed by atoms with Gasteiger partial charge in [-0.2, -0.15) is 0 Å². The lowest BCUT2D eigenvalue weighted by molar-refractivity contribution is -0.128. The summed E-state index contributed by atoms with van der Waals surface area (Å²) in [5.74, 6) is 0.172. The first-order valence-electron chi connectivity index (χ1n) is 11.7. The molecule has 0 aromatic heterocycles. The average molecular weight is 418 g/mol. The lowest BCUT2D eigenvalue weighted by atomic mass is 9.93. The van der Waals surface area contributed by atoms with Crippen LogP contribution >= 0.6 is 11.6 Å².